The van der Waals surface area contributed by atoms with Crippen LogP contribution >= 0.6 is 0 Å². The molecular weight excluding hydrogens is 498 g/mol. The largest absolute Gasteiger partial charge is 0.354 e. The number of benzene rings is 3. The van der Waals surface area contributed by atoms with E-state index in [4.69, 9.17) is 0 Å². The van der Waals surface area contributed by atoms with Crippen LogP contribution in [0, 0.1) is 13.8 Å². The lowest BCUT2D eigenvalue weighted by Gasteiger charge is -2.33. The Labute approximate surface area is 226 Å². The second-order valence-electron chi connectivity index (χ2n) is 9.62. The van der Waals surface area contributed by atoms with Crippen LogP contribution in [0.4, 0.5) is 5.69 Å². The molecule has 0 heterocycles. The number of aryl methyl sites for hydroxylation is 2. The number of carbonyl (C=O) groups is 2. The van der Waals surface area contributed by atoms with Gasteiger partial charge >= 0.3 is 0 Å². The van der Waals surface area contributed by atoms with Crippen molar-refractivity contribution in [2.24, 2.45) is 0 Å². The van der Waals surface area contributed by atoms with E-state index in [0.29, 0.717) is 18.7 Å². The van der Waals surface area contributed by atoms with Gasteiger partial charge in [0.2, 0.25) is 21.8 Å². The molecule has 0 aliphatic heterocycles. The van der Waals surface area contributed by atoms with Gasteiger partial charge in [0.25, 0.3) is 0 Å². The Balaban J connectivity index is 2.04. The first kappa shape index (κ1) is 28.9. The number of rotatable bonds is 12. The highest BCUT2D eigenvalue weighted by Gasteiger charge is 2.32. The van der Waals surface area contributed by atoms with Gasteiger partial charge < -0.3 is 10.2 Å². The molecule has 2 amide bonds. The van der Waals surface area contributed by atoms with Crippen LogP contribution in [-0.2, 0) is 32.6 Å². The highest BCUT2D eigenvalue weighted by molar-refractivity contribution is 7.92. The van der Waals surface area contributed by atoms with E-state index in [-0.39, 0.29) is 12.5 Å². The summed E-state index contributed by atoms with van der Waals surface area (Å²) in [6, 6.07) is 23.5. The average molecular weight is 536 g/mol. The molecule has 0 radical (unpaired) electrons. The van der Waals surface area contributed by atoms with E-state index in [1.165, 1.54) is 4.90 Å². The Morgan fingerprint density at radius 3 is 2.11 bits per heavy atom. The molecule has 1 N–H and O–H groups in total. The fourth-order valence-corrected chi connectivity index (χ4v) is 5.17. The summed E-state index contributed by atoms with van der Waals surface area (Å²) in [4.78, 5) is 29.0. The summed E-state index contributed by atoms with van der Waals surface area (Å²) >= 11 is 0. The van der Waals surface area contributed by atoms with Crippen LogP contribution < -0.4 is 9.62 Å². The van der Waals surface area contributed by atoms with Gasteiger partial charge in [-0.05, 0) is 49.1 Å². The van der Waals surface area contributed by atoms with Crippen LogP contribution in [0.1, 0.15) is 35.6 Å². The van der Waals surface area contributed by atoms with Gasteiger partial charge in [-0.3, -0.25) is 13.9 Å². The zero-order chi connectivity index (χ0) is 27.7. The first-order valence-corrected chi connectivity index (χ1v) is 14.6. The molecule has 8 heteroatoms. The molecule has 1 atom stereocenters. The summed E-state index contributed by atoms with van der Waals surface area (Å²) < 4.78 is 26.7. The van der Waals surface area contributed by atoms with Gasteiger partial charge in [-0.2, -0.15) is 0 Å². The van der Waals surface area contributed by atoms with E-state index >= 15 is 0 Å². The first-order valence-electron chi connectivity index (χ1n) is 12.8. The molecule has 0 unspecified atom stereocenters. The minimum atomic E-state index is -3.78. The average Bonchev–Trinajstić information content (AvgIpc) is 2.87. The third kappa shape index (κ3) is 8.18. The number of amides is 2. The fraction of sp³-hybridized carbons (Fsp3) is 0.333. The van der Waals surface area contributed by atoms with Gasteiger partial charge in [0.05, 0.1) is 11.9 Å². The molecule has 3 aromatic carbocycles. The molecule has 0 saturated carbocycles. The molecule has 0 saturated heterocycles. The second-order valence-corrected chi connectivity index (χ2v) is 11.5. The molecule has 0 bridgehead atoms. The molecular formula is C30H37N3O4S. The predicted molar refractivity (Wildman–Crippen MR) is 152 cm³/mol. The van der Waals surface area contributed by atoms with E-state index < -0.39 is 28.5 Å². The van der Waals surface area contributed by atoms with Gasteiger partial charge in [-0.1, -0.05) is 79.2 Å². The lowest BCUT2D eigenvalue weighted by atomic mass is 10.0. The number of sulfonamides is 1. The summed E-state index contributed by atoms with van der Waals surface area (Å²) in [5.41, 5.74) is 4.08. The van der Waals surface area contributed by atoms with Crippen molar-refractivity contribution in [3.8, 4) is 0 Å². The summed E-state index contributed by atoms with van der Waals surface area (Å²) in [6.45, 7) is 6.03. The fourth-order valence-electron chi connectivity index (χ4n) is 4.32. The quantitative estimate of drug-likeness (QED) is 0.376. The zero-order valence-electron chi connectivity index (χ0n) is 22.6. The Morgan fingerprint density at radius 2 is 1.50 bits per heavy atom. The molecule has 202 valence electrons. The van der Waals surface area contributed by atoms with E-state index in [1.807, 2.05) is 81.4 Å². The second kappa shape index (κ2) is 13.2. The first-order chi connectivity index (χ1) is 18.1. The van der Waals surface area contributed by atoms with Crippen molar-refractivity contribution in [2.45, 2.75) is 46.2 Å². The van der Waals surface area contributed by atoms with Crippen molar-refractivity contribution in [3.05, 3.63) is 101 Å². The maximum atomic E-state index is 14.0. The van der Waals surface area contributed by atoms with E-state index in [2.05, 4.69) is 5.32 Å². The maximum Gasteiger partial charge on any atom is 0.244 e. The normalized spacial score (nSPS) is 12.0. The Hall–Kier alpha value is -3.65. The highest BCUT2D eigenvalue weighted by atomic mass is 32.2. The lowest BCUT2D eigenvalue weighted by Crippen LogP contribution is -2.53. The van der Waals surface area contributed by atoms with Crippen molar-refractivity contribution in [1.82, 2.24) is 10.2 Å². The van der Waals surface area contributed by atoms with Crippen LogP contribution in [0.3, 0.4) is 0 Å². The molecule has 0 aromatic heterocycles. The minimum absolute atomic E-state index is 0.170. The van der Waals surface area contributed by atoms with Crippen LogP contribution in [0.15, 0.2) is 78.9 Å². The zero-order valence-corrected chi connectivity index (χ0v) is 23.4. The number of nitrogens with zero attached hydrogens (tertiary/aromatic N) is 2. The van der Waals surface area contributed by atoms with Crippen LogP contribution in [0.2, 0.25) is 0 Å². The topological polar surface area (TPSA) is 86.8 Å². The predicted octanol–water partition coefficient (Wildman–Crippen LogP) is 4.24. The van der Waals surface area contributed by atoms with Gasteiger partial charge in [-0.25, -0.2) is 8.42 Å². The summed E-state index contributed by atoms with van der Waals surface area (Å²) in [6.07, 6.45) is 2.14. The highest BCUT2D eigenvalue weighted by Crippen LogP contribution is 2.21. The smallest absolute Gasteiger partial charge is 0.244 e. The third-order valence-corrected chi connectivity index (χ3v) is 7.37. The van der Waals surface area contributed by atoms with Crippen LogP contribution in [0.25, 0.3) is 0 Å². The Kier molecular flexibility index (Phi) is 10.1. The standard InChI is InChI=1S/C30H37N3O4S/c1-5-17-31-30(35)28(20-25-13-7-6-8-14-25)32(21-26-15-9-11-23(2)18-26)29(34)22-33(38(4,36)37)27-16-10-12-24(3)19-27/h6-16,18-19,28H,5,17,20-22H2,1-4H3,(H,31,35)/t28-/m1/s1. The van der Waals surface area contributed by atoms with Gasteiger partial charge in [0.1, 0.15) is 12.6 Å². The molecule has 0 fully saturated rings. The van der Waals surface area contributed by atoms with Crippen LogP contribution in [-0.4, -0.2) is 50.5 Å². The van der Waals surface area contributed by atoms with Crippen molar-refractivity contribution in [3.63, 3.8) is 0 Å². The van der Waals surface area contributed by atoms with Crippen molar-refractivity contribution in [1.29, 1.82) is 0 Å². The Bertz CT molecular complexity index is 1340. The monoisotopic (exact) mass is 535 g/mol. The molecule has 38 heavy (non-hydrogen) atoms. The van der Waals surface area contributed by atoms with E-state index in [1.54, 1.807) is 18.2 Å². The van der Waals surface area contributed by atoms with E-state index in [0.717, 1.165) is 39.2 Å². The van der Waals surface area contributed by atoms with Gasteiger partial charge in [0, 0.05) is 19.5 Å². The number of anilines is 1. The number of nitrogens with one attached hydrogen (secondary N) is 1. The number of carbonyl (C=O) groups excluding carboxylic acids is 2. The molecule has 0 aliphatic carbocycles. The third-order valence-electron chi connectivity index (χ3n) is 6.22. The molecule has 7 nitrogen and oxygen atoms in total. The summed E-state index contributed by atoms with van der Waals surface area (Å²) in [5, 5.41) is 2.94. The summed E-state index contributed by atoms with van der Waals surface area (Å²) in [7, 11) is -3.78. The molecule has 3 aromatic rings. The summed E-state index contributed by atoms with van der Waals surface area (Å²) in [5.74, 6) is -0.718. The maximum absolute atomic E-state index is 14.0. The number of hydrogen-bond acceptors (Lipinski definition) is 4. The molecule has 3 rings (SSSR count). The lowest BCUT2D eigenvalue weighted by molar-refractivity contribution is -0.140. The molecule has 0 aliphatic rings. The number of hydrogen-bond donors (Lipinski definition) is 1. The van der Waals surface area contributed by atoms with Crippen LogP contribution in [0.5, 0.6) is 0 Å². The van der Waals surface area contributed by atoms with Crippen molar-refractivity contribution >= 4 is 27.5 Å². The van der Waals surface area contributed by atoms with Crippen molar-refractivity contribution < 1.29 is 18.0 Å². The van der Waals surface area contributed by atoms with Gasteiger partial charge in [0.15, 0.2) is 0 Å². The van der Waals surface area contributed by atoms with Crippen molar-refractivity contribution in [2.75, 3.05) is 23.7 Å². The molecule has 0 spiro atoms. The SMILES string of the molecule is CCCNC(=O)[C@@H](Cc1ccccc1)N(Cc1cccc(C)c1)C(=O)CN(c1cccc(C)c1)S(C)(=O)=O. The van der Waals surface area contributed by atoms with E-state index in [9.17, 15) is 18.0 Å². The Morgan fingerprint density at radius 1 is 0.868 bits per heavy atom. The van der Waals surface area contributed by atoms with Gasteiger partial charge in [-0.15, -0.1) is 0 Å². The minimum Gasteiger partial charge on any atom is -0.354 e.